The molecule has 2 rings (SSSR count). The van der Waals surface area contributed by atoms with Gasteiger partial charge in [0.1, 0.15) is 11.5 Å². The number of hydrogen-bond acceptors (Lipinski definition) is 6. The molecule has 1 N–H and O–H groups in total. The first-order valence-corrected chi connectivity index (χ1v) is 7.94. The molecular weight excluding hydrogens is 381 g/mol. The molecule has 0 radical (unpaired) electrons. The minimum absolute atomic E-state index is 0.0889. The molecule has 0 atom stereocenters. The van der Waals surface area contributed by atoms with Crippen molar-refractivity contribution in [2.45, 2.75) is 0 Å². The van der Waals surface area contributed by atoms with E-state index in [0.717, 1.165) is 12.1 Å². The topological polar surface area (TPSA) is 102 Å². The first kappa shape index (κ1) is 20.1. The van der Waals surface area contributed by atoms with Gasteiger partial charge in [0.2, 0.25) is 0 Å². The van der Waals surface area contributed by atoms with Crippen LogP contribution in [0.5, 0.6) is 0 Å². The van der Waals surface area contributed by atoms with E-state index < -0.39 is 29.2 Å². The molecule has 8 nitrogen and oxygen atoms in total. The van der Waals surface area contributed by atoms with E-state index in [1.807, 2.05) is 0 Å². The van der Waals surface area contributed by atoms with E-state index in [1.54, 1.807) is 14.1 Å². The van der Waals surface area contributed by atoms with E-state index in [4.69, 9.17) is 16.3 Å². The van der Waals surface area contributed by atoms with Crippen LogP contribution in [0.2, 0.25) is 5.02 Å². The van der Waals surface area contributed by atoms with Crippen molar-refractivity contribution >= 4 is 40.5 Å². The molecule has 2 aromatic rings. The Morgan fingerprint density at radius 3 is 2.59 bits per heavy atom. The van der Waals surface area contributed by atoms with Crippen LogP contribution in [0.25, 0.3) is 0 Å². The number of esters is 1. The van der Waals surface area contributed by atoms with Gasteiger partial charge in [0.25, 0.3) is 11.6 Å². The first-order valence-electron chi connectivity index (χ1n) is 7.57. The summed E-state index contributed by atoms with van der Waals surface area (Å²) in [6, 6.07) is 7.41. The Morgan fingerprint density at radius 2 is 1.96 bits per heavy atom. The van der Waals surface area contributed by atoms with Gasteiger partial charge in [0, 0.05) is 25.2 Å². The number of amides is 1. The van der Waals surface area contributed by atoms with Crippen LogP contribution in [-0.2, 0) is 9.53 Å². The van der Waals surface area contributed by atoms with Crippen molar-refractivity contribution in [3.63, 3.8) is 0 Å². The van der Waals surface area contributed by atoms with Crippen LogP contribution in [0.4, 0.5) is 21.5 Å². The number of carbonyl (C=O) groups excluding carboxylic acids is 2. The Balaban J connectivity index is 2.05. The molecule has 0 saturated heterocycles. The van der Waals surface area contributed by atoms with Crippen LogP contribution in [-0.4, -0.2) is 37.5 Å². The zero-order valence-corrected chi connectivity index (χ0v) is 15.1. The van der Waals surface area contributed by atoms with E-state index in [9.17, 15) is 24.1 Å². The lowest BCUT2D eigenvalue weighted by molar-refractivity contribution is -0.384. The highest BCUT2D eigenvalue weighted by atomic mass is 35.5. The Kier molecular flexibility index (Phi) is 6.30. The maximum Gasteiger partial charge on any atom is 0.338 e. The van der Waals surface area contributed by atoms with E-state index in [-0.39, 0.29) is 22.0 Å². The van der Waals surface area contributed by atoms with E-state index in [0.29, 0.717) is 5.69 Å². The fourth-order valence-corrected chi connectivity index (χ4v) is 2.34. The Hall–Kier alpha value is -3.20. The molecule has 27 heavy (non-hydrogen) atoms. The van der Waals surface area contributed by atoms with Gasteiger partial charge in [0.15, 0.2) is 6.61 Å². The molecule has 0 heterocycles. The van der Waals surface area contributed by atoms with Gasteiger partial charge in [-0.1, -0.05) is 11.6 Å². The van der Waals surface area contributed by atoms with Crippen LogP contribution >= 0.6 is 11.6 Å². The summed E-state index contributed by atoms with van der Waals surface area (Å²) in [7, 11) is 3.25. The number of benzene rings is 2. The van der Waals surface area contributed by atoms with Crippen LogP contribution in [0.3, 0.4) is 0 Å². The average Bonchev–Trinajstić information content (AvgIpc) is 2.62. The smallest absolute Gasteiger partial charge is 0.338 e. The second-order valence-electron chi connectivity index (χ2n) is 5.60. The van der Waals surface area contributed by atoms with Crippen LogP contribution in [0.15, 0.2) is 36.4 Å². The Bertz CT molecular complexity index is 904. The zero-order chi connectivity index (χ0) is 20.1. The molecule has 0 aliphatic heterocycles. The largest absolute Gasteiger partial charge is 0.452 e. The number of nitrogens with zero attached hydrogens (tertiary/aromatic N) is 2. The SMILES string of the molecule is CN(C)c1ccc(C(=O)OCC(=O)Nc2cc(Cl)ccc2F)cc1[N+](=O)[O-]. The molecule has 0 saturated carbocycles. The number of halogens is 2. The highest BCUT2D eigenvalue weighted by molar-refractivity contribution is 6.30. The van der Waals surface area contributed by atoms with E-state index in [1.165, 1.54) is 29.2 Å². The van der Waals surface area contributed by atoms with Gasteiger partial charge in [-0.2, -0.15) is 0 Å². The maximum atomic E-state index is 13.6. The third kappa shape index (κ3) is 5.14. The van der Waals surface area contributed by atoms with Crippen molar-refractivity contribution in [1.29, 1.82) is 0 Å². The second-order valence-corrected chi connectivity index (χ2v) is 6.04. The molecule has 142 valence electrons. The number of nitro groups is 1. The van der Waals surface area contributed by atoms with Gasteiger partial charge in [-0.15, -0.1) is 0 Å². The van der Waals surface area contributed by atoms with Gasteiger partial charge in [-0.3, -0.25) is 14.9 Å². The summed E-state index contributed by atoms with van der Waals surface area (Å²) < 4.78 is 18.4. The van der Waals surface area contributed by atoms with Crippen molar-refractivity contribution in [1.82, 2.24) is 0 Å². The number of carbonyl (C=O) groups is 2. The molecule has 0 spiro atoms. The van der Waals surface area contributed by atoms with Crippen LogP contribution in [0.1, 0.15) is 10.4 Å². The molecular formula is C17H15ClFN3O5. The molecule has 0 aromatic heterocycles. The van der Waals surface area contributed by atoms with Crippen LogP contribution in [0, 0.1) is 15.9 Å². The second kappa shape index (κ2) is 8.45. The Morgan fingerprint density at radius 1 is 1.26 bits per heavy atom. The molecule has 10 heteroatoms. The summed E-state index contributed by atoms with van der Waals surface area (Å²) in [4.78, 5) is 35.9. The molecule has 1 amide bonds. The summed E-state index contributed by atoms with van der Waals surface area (Å²) in [6.07, 6.45) is 0. The molecule has 2 aromatic carbocycles. The van der Waals surface area contributed by atoms with Crippen LogP contribution < -0.4 is 10.2 Å². The quantitative estimate of drug-likeness (QED) is 0.457. The number of nitro benzene ring substituents is 1. The minimum atomic E-state index is -0.926. The standard InChI is InChI=1S/C17H15ClFN3O5/c1-21(2)14-6-3-10(7-15(14)22(25)26)17(24)27-9-16(23)20-13-8-11(18)4-5-12(13)19/h3-8H,9H2,1-2H3,(H,20,23). The van der Waals surface area contributed by atoms with Gasteiger partial charge in [-0.05, 0) is 30.3 Å². The normalized spacial score (nSPS) is 10.2. The highest BCUT2D eigenvalue weighted by Crippen LogP contribution is 2.28. The van der Waals surface area contributed by atoms with E-state index >= 15 is 0 Å². The Labute approximate surface area is 158 Å². The summed E-state index contributed by atoms with van der Waals surface area (Å²) >= 11 is 5.72. The number of rotatable bonds is 6. The van der Waals surface area contributed by atoms with Gasteiger partial charge >= 0.3 is 5.97 Å². The highest BCUT2D eigenvalue weighted by Gasteiger charge is 2.20. The molecule has 0 aliphatic rings. The van der Waals surface area contributed by atoms with Gasteiger partial charge in [0.05, 0.1) is 16.2 Å². The maximum absolute atomic E-state index is 13.6. The number of ether oxygens (including phenoxy) is 1. The first-order chi connectivity index (χ1) is 12.7. The number of hydrogen-bond donors (Lipinski definition) is 1. The van der Waals surface area contributed by atoms with Crippen molar-refractivity contribution in [2.75, 3.05) is 30.9 Å². The average molecular weight is 396 g/mol. The van der Waals surface area contributed by atoms with Crippen molar-refractivity contribution in [3.8, 4) is 0 Å². The summed E-state index contributed by atoms with van der Waals surface area (Å²) in [6.45, 7) is -0.700. The molecule has 0 aliphatic carbocycles. The third-order valence-electron chi connectivity index (χ3n) is 3.43. The number of anilines is 2. The monoisotopic (exact) mass is 395 g/mol. The fourth-order valence-electron chi connectivity index (χ4n) is 2.17. The van der Waals surface area contributed by atoms with Crippen molar-refractivity contribution < 1.29 is 23.6 Å². The lowest BCUT2D eigenvalue weighted by atomic mass is 10.1. The lowest BCUT2D eigenvalue weighted by Gasteiger charge is -2.13. The summed E-state index contributed by atoms with van der Waals surface area (Å²) in [5.74, 6) is -2.41. The summed E-state index contributed by atoms with van der Waals surface area (Å²) in [5, 5.41) is 13.6. The fraction of sp³-hybridized carbons (Fsp3) is 0.176. The summed E-state index contributed by atoms with van der Waals surface area (Å²) in [5.41, 5.74) is -0.214. The van der Waals surface area contributed by atoms with Crippen molar-refractivity contribution in [2.24, 2.45) is 0 Å². The predicted molar refractivity (Wildman–Crippen MR) is 97.7 cm³/mol. The zero-order valence-electron chi connectivity index (χ0n) is 14.4. The lowest BCUT2D eigenvalue weighted by Crippen LogP contribution is -2.21. The number of nitrogens with one attached hydrogen (secondary N) is 1. The van der Waals surface area contributed by atoms with Gasteiger partial charge < -0.3 is 15.0 Å². The van der Waals surface area contributed by atoms with E-state index in [2.05, 4.69) is 5.32 Å². The third-order valence-corrected chi connectivity index (χ3v) is 3.66. The molecule has 0 bridgehead atoms. The molecule has 0 fully saturated rings. The predicted octanol–water partition coefficient (Wildman–Crippen LogP) is 3.25. The minimum Gasteiger partial charge on any atom is -0.452 e. The van der Waals surface area contributed by atoms with Gasteiger partial charge in [-0.25, -0.2) is 9.18 Å². The van der Waals surface area contributed by atoms with Crippen molar-refractivity contribution in [3.05, 3.63) is 62.9 Å². The molecule has 0 unspecified atom stereocenters.